The lowest BCUT2D eigenvalue weighted by atomic mass is 10.0. The standard InChI is InChI=1S/C10H15N3O2/c1-4-13(10(2,3)9(14)15)8-6-5-7-11-12-8/h5-7H,4H2,1-3H3,(H,14,15). The molecule has 82 valence electrons. The molecule has 0 amide bonds. The summed E-state index contributed by atoms with van der Waals surface area (Å²) in [6.45, 7) is 5.75. The SMILES string of the molecule is CCN(c1cccnn1)C(C)(C)C(=O)O. The maximum Gasteiger partial charge on any atom is 0.329 e. The summed E-state index contributed by atoms with van der Waals surface area (Å²) in [5.41, 5.74) is -0.981. The zero-order chi connectivity index (χ0) is 11.5. The first-order valence-electron chi connectivity index (χ1n) is 4.79. The third kappa shape index (κ3) is 2.23. The highest BCUT2D eigenvalue weighted by molar-refractivity contribution is 5.82. The fourth-order valence-corrected chi connectivity index (χ4v) is 1.40. The lowest BCUT2D eigenvalue weighted by Crippen LogP contribution is -2.50. The van der Waals surface area contributed by atoms with Crippen molar-refractivity contribution in [2.24, 2.45) is 0 Å². The normalized spacial score (nSPS) is 11.1. The minimum absolute atomic E-state index is 0.567. The summed E-state index contributed by atoms with van der Waals surface area (Å²) in [5.74, 6) is -0.303. The first kappa shape index (κ1) is 11.4. The lowest BCUT2D eigenvalue weighted by molar-refractivity contribution is -0.142. The van der Waals surface area contributed by atoms with Crippen LogP contribution >= 0.6 is 0 Å². The van der Waals surface area contributed by atoms with E-state index in [-0.39, 0.29) is 0 Å². The fraction of sp³-hybridized carbons (Fsp3) is 0.500. The van der Waals surface area contributed by atoms with E-state index in [1.807, 2.05) is 6.92 Å². The number of carboxylic acids is 1. The van der Waals surface area contributed by atoms with Crippen molar-refractivity contribution in [1.82, 2.24) is 10.2 Å². The van der Waals surface area contributed by atoms with Crippen LogP contribution < -0.4 is 4.90 Å². The van der Waals surface area contributed by atoms with Crippen LogP contribution in [0.1, 0.15) is 20.8 Å². The van der Waals surface area contributed by atoms with Gasteiger partial charge >= 0.3 is 5.97 Å². The van der Waals surface area contributed by atoms with Crippen LogP contribution in [0.25, 0.3) is 0 Å². The molecule has 1 aromatic rings. The molecule has 5 nitrogen and oxygen atoms in total. The Balaban J connectivity index is 3.05. The van der Waals surface area contributed by atoms with E-state index in [2.05, 4.69) is 10.2 Å². The monoisotopic (exact) mass is 209 g/mol. The quantitative estimate of drug-likeness (QED) is 0.806. The van der Waals surface area contributed by atoms with Crippen molar-refractivity contribution < 1.29 is 9.90 Å². The molecule has 1 aromatic heterocycles. The molecule has 0 spiro atoms. The van der Waals surface area contributed by atoms with Gasteiger partial charge in [0.25, 0.3) is 0 Å². The second-order valence-corrected chi connectivity index (χ2v) is 3.69. The highest BCUT2D eigenvalue weighted by atomic mass is 16.4. The van der Waals surface area contributed by atoms with Gasteiger partial charge in [0.05, 0.1) is 0 Å². The Bertz CT molecular complexity index is 338. The summed E-state index contributed by atoms with van der Waals surface area (Å²) in [4.78, 5) is 12.8. The number of hydrogen-bond acceptors (Lipinski definition) is 4. The van der Waals surface area contributed by atoms with E-state index in [4.69, 9.17) is 5.11 Å². The van der Waals surface area contributed by atoms with E-state index < -0.39 is 11.5 Å². The van der Waals surface area contributed by atoms with Crippen LogP contribution in [0.5, 0.6) is 0 Å². The van der Waals surface area contributed by atoms with Gasteiger partial charge in [0, 0.05) is 12.7 Å². The van der Waals surface area contributed by atoms with E-state index in [1.165, 1.54) is 0 Å². The molecule has 1 heterocycles. The molecule has 5 heteroatoms. The van der Waals surface area contributed by atoms with Crippen LogP contribution in [-0.2, 0) is 4.79 Å². The van der Waals surface area contributed by atoms with Crippen LogP contribution in [0, 0.1) is 0 Å². The van der Waals surface area contributed by atoms with Crippen molar-refractivity contribution in [2.75, 3.05) is 11.4 Å². The van der Waals surface area contributed by atoms with Crippen LogP contribution in [0.4, 0.5) is 5.82 Å². The number of carbonyl (C=O) groups is 1. The molecule has 1 N–H and O–H groups in total. The van der Waals surface area contributed by atoms with Gasteiger partial charge in [-0.05, 0) is 32.9 Å². The second kappa shape index (κ2) is 4.25. The van der Waals surface area contributed by atoms with Crippen LogP contribution in [0.15, 0.2) is 18.3 Å². The van der Waals surface area contributed by atoms with E-state index in [9.17, 15) is 4.79 Å². The van der Waals surface area contributed by atoms with E-state index in [0.29, 0.717) is 12.4 Å². The number of likely N-dealkylation sites (N-methyl/N-ethyl adjacent to an activating group) is 1. The summed E-state index contributed by atoms with van der Waals surface area (Å²) < 4.78 is 0. The Morgan fingerprint density at radius 1 is 1.60 bits per heavy atom. The zero-order valence-corrected chi connectivity index (χ0v) is 9.14. The average molecular weight is 209 g/mol. The second-order valence-electron chi connectivity index (χ2n) is 3.69. The Labute approximate surface area is 88.7 Å². The first-order valence-corrected chi connectivity index (χ1v) is 4.79. The van der Waals surface area contributed by atoms with Crippen LogP contribution in [-0.4, -0.2) is 33.4 Å². The summed E-state index contributed by atoms with van der Waals surface area (Å²) in [6, 6.07) is 3.49. The van der Waals surface area contributed by atoms with Crippen LogP contribution in [0.2, 0.25) is 0 Å². The molecule has 0 aromatic carbocycles. The van der Waals surface area contributed by atoms with Crippen molar-refractivity contribution in [3.63, 3.8) is 0 Å². The molecule has 0 unspecified atom stereocenters. The largest absolute Gasteiger partial charge is 0.480 e. The molecule has 0 fully saturated rings. The van der Waals surface area contributed by atoms with Gasteiger partial charge in [-0.25, -0.2) is 4.79 Å². The molecule has 0 saturated heterocycles. The fourth-order valence-electron chi connectivity index (χ4n) is 1.40. The number of nitrogens with zero attached hydrogens (tertiary/aromatic N) is 3. The predicted octanol–water partition coefficient (Wildman–Crippen LogP) is 1.17. The number of aliphatic carboxylic acids is 1. The molecular formula is C10H15N3O2. The summed E-state index contributed by atoms with van der Waals surface area (Å²) in [7, 11) is 0. The summed E-state index contributed by atoms with van der Waals surface area (Å²) >= 11 is 0. The minimum Gasteiger partial charge on any atom is -0.480 e. The maximum absolute atomic E-state index is 11.1. The van der Waals surface area contributed by atoms with E-state index in [1.54, 1.807) is 37.1 Å². The van der Waals surface area contributed by atoms with Gasteiger partial charge in [-0.3, -0.25) is 0 Å². The molecule has 0 bridgehead atoms. The highest BCUT2D eigenvalue weighted by Crippen LogP contribution is 2.20. The number of rotatable bonds is 4. The van der Waals surface area contributed by atoms with Gasteiger partial charge in [0.15, 0.2) is 5.82 Å². The molecule has 0 saturated carbocycles. The summed E-state index contributed by atoms with van der Waals surface area (Å²) in [5, 5.41) is 16.8. The molecule has 15 heavy (non-hydrogen) atoms. The predicted molar refractivity (Wildman–Crippen MR) is 56.8 cm³/mol. The molecule has 0 atom stereocenters. The smallest absolute Gasteiger partial charge is 0.329 e. The van der Waals surface area contributed by atoms with Crippen LogP contribution in [0.3, 0.4) is 0 Å². The Hall–Kier alpha value is -1.65. The van der Waals surface area contributed by atoms with Crippen molar-refractivity contribution >= 4 is 11.8 Å². The molecule has 1 rings (SSSR count). The van der Waals surface area contributed by atoms with E-state index >= 15 is 0 Å². The Kier molecular flexibility index (Phi) is 3.24. The van der Waals surface area contributed by atoms with Gasteiger partial charge in [0.2, 0.25) is 0 Å². The number of hydrogen-bond donors (Lipinski definition) is 1. The van der Waals surface area contributed by atoms with Crippen molar-refractivity contribution in [3.8, 4) is 0 Å². The number of anilines is 1. The summed E-state index contributed by atoms with van der Waals surface area (Å²) in [6.07, 6.45) is 1.56. The van der Waals surface area contributed by atoms with Gasteiger partial charge in [-0.15, -0.1) is 5.10 Å². The van der Waals surface area contributed by atoms with E-state index in [0.717, 1.165) is 0 Å². The van der Waals surface area contributed by atoms with Gasteiger partial charge in [0.1, 0.15) is 5.54 Å². The molecule has 0 aliphatic rings. The molecule has 0 radical (unpaired) electrons. The first-order chi connectivity index (χ1) is 7.00. The zero-order valence-electron chi connectivity index (χ0n) is 9.14. The van der Waals surface area contributed by atoms with Crippen molar-refractivity contribution in [3.05, 3.63) is 18.3 Å². The minimum atomic E-state index is -0.981. The molecule has 0 aliphatic carbocycles. The van der Waals surface area contributed by atoms with Gasteiger partial charge in [-0.1, -0.05) is 0 Å². The number of carboxylic acid groups (broad SMARTS) is 1. The average Bonchev–Trinajstić information content (AvgIpc) is 2.19. The topological polar surface area (TPSA) is 66.3 Å². The highest BCUT2D eigenvalue weighted by Gasteiger charge is 2.34. The number of aromatic nitrogens is 2. The van der Waals surface area contributed by atoms with Gasteiger partial charge < -0.3 is 10.0 Å². The third-order valence-electron chi connectivity index (χ3n) is 2.35. The van der Waals surface area contributed by atoms with Crippen molar-refractivity contribution in [2.45, 2.75) is 26.3 Å². The Morgan fingerprint density at radius 3 is 2.67 bits per heavy atom. The maximum atomic E-state index is 11.1. The molecular weight excluding hydrogens is 194 g/mol. The third-order valence-corrected chi connectivity index (χ3v) is 2.35. The van der Waals surface area contributed by atoms with Crippen molar-refractivity contribution in [1.29, 1.82) is 0 Å². The van der Waals surface area contributed by atoms with Gasteiger partial charge in [-0.2, -0.15) is 5.10 Å². The Morgan fingerprint density at radius 2 is 2.27 bits per heavy atom. The lowest BCUT2D eigenvalue weighted by Gasteiger charge is -2.34. The molecule has 0 aliphatic heterocycles.